The van der Waals surface area contributed by atoms with Crippen LogP contribution in [0.4, 0.5) is 0 Å². The Kier molecular flexibility index (Phi) is 1.22. The molecule has 1 aromatic heterocycles. The SMILES string of the molecule is C[C@@H]1CCCn2cnnc21. The van der Waals surface area contributed by atoms with Gasteiger partial charge in [0.05, 0.1) is 0 Å². The van der Waals surface area contributed by atoms with Crippen molar-refractivity contribution in [3.8, 4) is 0 Å². The van der Waals surface area contributed by atoms with Crippen LogP contribution in [0.25, 0.3) is 0 Å². The molecule has 1 aliphatic rings. The third kappa shape index (κ3) is 0.735. The van der Waals surface area contributed by atoms with Crippen LogP contribution in [0.1, 0.15) is 31.5 Å². The van der Waals surface area contributed by atoms with E-state index in [2.05, 4.69) is 21.7 Å². The van der Waals surface area contributed by atoms with E-state index in [1.807, 2.05) is 6.33 Å². The number of nitrogens with zero attached hydrogens (tertiary/aromatic N) is 3. The highest BCUT2D eigenvalue weighted by atomic mass is 15.3. The van der Waals surface area contributed by atoms with Crippen LogP contribution in [0, 0.1) is 0 Å². The molecule has 10 heavy (non-hydrogen) atoms. The summed E-state index contributed by atoms with van der Waals surface area (Å²) < 4.78 is 2.15. The van der Waals surface area contributed by atoms with Crippen molar-refractivity contribution in [2.45, 2.75) is 32.2 Å². The Balaban J connectivity index is 2.41. The highest BCUT2D eigenvalue weighted by Gasteiger charge is 2.16. The zero-order valence-electron chi connectivity index (χ0n) is 6.12. The van der Waals surface area contributed by atoms with Crippen LogP contribution in [-0.4, -0.2) is 14.8 Å². The molecule has 0 N–H and O–H groups in total. The largest absolute Gasteiger partial charge is 0.317 e. The van der Waals surface area contributed by atoms with E-state index in [4.69, 9.17) is 0 Å². The normalized spacial score (nSPS) is 24.3. The molecule has 0 bridgehead atoms. The van der Waals surface area contributed by atoms with Gasteiger partial charge in [-0.1, -0.05) is 6.92 Å². The minimum atomic E-state index is 0.608. The smallest absolute Gasteiger partial charge is 0.135 e. The Hall–Kier alpha value is -0.860. The number of rotatable bonds is 0. The molecule has 0 saturated heterocycles. The molecular formula is C7H11N3. The molecule has 3 heteroatoms. The maximum atomic E-state index is 4.05. The van der Waals surface area contributed by atoms with Crippen molar-refractivity contribution >= 4 is 0 Å². The van der Waals surface area contributed by atoms with Crippen molar-refractivity contribution in [2.24, 2.45) is 0 Å². The molecular weight excluding hydrogens is 126 g/mol. The fraction of sp³-hybridized carbons (Fsp3) is 0.714. The fourth-order valence-corrected chi connectivity index (χ4v) is 1.51. The number of aromatic nitrogens is 3. The summed E-state index contributed by atoms with van der Waals surface area (Å²) in [6, 6.07) is 0. The van der Waals surface area contributed by atoms with Crippen LogP contribution < -0.4 is 0 Å². The predicted octanol–water partition coefficient (Wildman–Crippen LogP) is 1.18. The number of aryl methyl sites for hydroxylation is 1. The first-order valence-electron chi connectivity index (χ1n) is 3.75. The van der Waals surface area contributed by atoms with Crippen LogP contribution in [0.2, 0.25) is 0 Å². The Labute approximate surface area is 60.1 Å². The van der Waals surface area contributed by atoms with Crippen LogP contribution in [-0.2, 0) is 6.54 Å². The van der Waals surface area contributed by atoms with Crippen LogP contribution >= 0.6 is 0 Å². The van der Waals surface area contributed by atoms with E-state index in [9.17, 15) is 0 Å². The Morgan fingerprint density at radius 3 is 3.40 bits per heavy atom. The maximum absolute atomic E-state index is 4.05. The van der Waals surface area contributed by atoms with Gasteiger partial charge in [-0.3, -0.25) is 0 Å². The molecule has 0 aromatic carbocycles. The Bertz CT molecular complexity index is 229. The first kappa shape index (κ1) is 5.89. The van der Waals surface area contributed by atoms with Gasteiger partial charge in [-0.05, 0) is 12.8 Å². The first-order valence-corrected chi connectivity index (χ1v) is 3.75. The van der Waals surface area contributed by atoms with Gasteiger partial charge >= 0.3 is 0 Å². The van der Waals surface area contributed by atoms with E-state index in [1.54, 1.807) is 0 Å². The van der Waals surface area contributed by atoms with Crippen molar-refractivity contribution in [3.63, 3.8) is 0 Å². The molecule has 3 nitrogen and oxygen atoms in total. The summed E-state index contributed by atoms with van der Waals surface area (Å²) in [7, 11) is 0. The summed E-state index contributed by atoms with van der Waals surface area (Å²) in [5.74, 6) is 1.77. The van der Waals surface area contributed by atoms with Gasteiger partial charge in [0, 0.05) is 12.5 Å². The van der Waals surface area contributed by atoms with Gasteiger partial charge in [-0.25, -0.2) is 0 Å². The molecule has 0 unspecified atom stereocenters. The lowest BCUT2D eigenvalue weighted by atomic mass is 10.0. The molecule has 2 heterocycles. The van der Waals surface area contributed by atoms with E-state index >= 15 is 0 Å². The highest BCUT2D eigenvalue weighted by molar-refractivity contribution is 4.96. The fourth-order valence-electron chi connectivity index (χ4n) is 1.51. The molecule has 0 fully saturated rings. The van der Waals surface area contributed by atoms with E-state index in [0.717, 1.165) is 12.4 Å². The van der Waals surface area contributed by atoms with E-state index in [0.29, 0.717) is 5.92 Å². The molecule has 54 valence electrons. The maximum Gasteiger partial charge on any atom is 0.135 e. The Morgan fingerprint density at radius 2 is 2.60 bits per heavy atom. The third-order valence-electron chi connectivity index (χ3n) is 2.12. The summed E-state index contributed by atoms with van der Waals surface area (Å²) in [4.78, 5) is 0. The van der Waals surface area contributed by atoms with Crippen molar-refractivity contribution in [1.29, 1.82) is 0 Å². The highest BCUT2D eigenvalue weighted by Crippen LogP contribution is 2.23. The second kappa shape index (κ2) is 2.08. The molecule has 2 rings (SSSR count). The van der Waals surface area contributed by atoms with Gasteiger partial charge in [-0.15, -0.1) is 10.2 Å². The number of hydrogen-bond donors (Lipinski definition) is 0. The molecule has 0 amide bonds. The zero-order chi connectivity index (χ0) is 6.97. The summed E-state index contributed by atoms with van der Waals surface area (Å²) in [5.41, 5.74) is 0. The molecule has 0 saturated carbocycles. The topological polar surface area (TPSA) is 30.7 Å². The van der Waals surface area contributed by atoms with Gasteiger partial charge in [0.2, 0.25) is 0 Å². The average molecular weight is 137 g/mol. The van der Waals surface area contributed by atoms with E-state index in [-0.39, 0.29) is 0 Å². The van der Waals surface area contributed by atoms with E-state index < -0.39 is 0 Å². The number of hydrogen-bond acceptors (Lipinski definition) is 2. The standard InChI is InChI=1S/C7H11N3/c1-6-3-2-4-10-5-8-9-7(6)10/h5-6H,2-4H2,1H3/t6-/m1/s1. The minimum Gasteiger partial charge on any atom is -0.317 e. The van der Waals surface area contributed by atoms with Crippen molar-refractivity contribution in [2.75, 3.05) is 0 Å². The second-order valence-electron chi connectivity index (χ2n) is 2.93. The Morgan fingerprint density at radius 1 is 1.70 bits per heavy atom. The monoisotopic (exact) mass is 137 g/mol. The first-order chi connectivity index (χ1) is 4.88. The van der Waals surface area contributed by atoms with Crippen LogP contribution in [0.3, 0.4) is 0 Å². The number of fused-ring (bicyclic) bond motifs is 1. The predicted molar refractivity (Wildman–Crippen MR) is 37.7 cm³/mol. The van der Waals surface area contributed by atoms with Gasteiger partial charge in [-0.2, -0.15) is 0 Å². The molecule has 0 radical (unpaired) electrons. The van der Waals surface area contributed by atoms with Crippen LogP contribution in [0.5, 0.6) is 0 Å². The molecule has 0 aliphatic carbocycles. The lowest BCUT2D eigenvalue weighted by Gasteiger charge is -2.17. The van der Waals surface area contributed by atoms with Gasteiger partial charge in [0.15, 0.2) is 0 Å². The summed E-state index contributed by atoms with van der Waals surface area (Å²) in [6.07, 6.45) is 4.36. The average Bonchev–Trinajstić information content (AvgIpc) is 2.36. The van der Waals surface area contributed by atoms with Gasteiger partial charge < -0.3 is 4.57 Å². The van der Waals surface area contributed by atoms with E-state index in [1.165, 1.54) is 12.8 Å². The summed E-state index contributed by atoms with van der Waals surface area (Å²) >= 11 is 0. The molecule has 1 aromatic rings. The zero-order valence-corrected chi connectivity index (χ0v) is 6.12. The molecule has 0 spiro atoms. The molecule has 1 atom stereocenters. The summed E-state index contributed by atoms with van der Waals surface area (Å²) in [6.45, 7) is 3.31. The van der Waals surface area contributed by atoms with Crippen LogP contribution in [0.15, 0.2) is 6.33 Å². The third-order valence-corrected chi connectivity index (χ3v) is 2.12. The lowest BCUT2D eigenvalue weighted by molar-refractivity contribution is 0.463. The van der Waals surface area contributed by atoms with Gasteiger partial charge in [0.1, 0.15) is 12.2 Å². The minimum absolute atomic E-state index is 0.608. The second-order valence-corrected chi connectivity index (χ2v) is 2.93. The van der Waals surface area contributed by atoms with Crippen molar-refractivity contribution in [3.05, 3.63) is 12.2 Å². The van der Waals surface area contributed by atoms with Gasteiger partial charge in [0.25, 0.3) is 0 Å². The molecule has 1 aliphatic heterocycles. The quantitative estimate of drug-likeness (QED) is 0.537. The summed E-state index contributed by atoms with van der Waals surface area (Å²) in [5, 5.41) is 7.92. The van der Waals surface area contributed by atoms with Crippen molar-refractivity contribution < 1.29 is 0 Å². The van der Waals surface area contributed by atoms with Crippen molar-refractivity contribution in [1.82, 2.24) is 14.8 Å². The lowest BCUT2D eigenvalue weighted by Crippen LogP contribution is -2.12.